The van der Waals surface area contributed by atoms with Gasteiger partial charge in [0.05, 0.1) is 0 Å². The van der Waals surface area contributed by atoms with Gasteiger partial charge in [-0.3, -0.25) is 0 Å². The van der Waals surface area contributed by atoms with Crippen molar-refractivity contribution in [2.75, 3.05) is 6.54 Å². The lowest BCUT2D eigenvalue weighted by Crippen LogP contribution is -2.23. The molecule has 112 valence electrons. The van der Waals surface area contributed by atoms with Gasteiger partial charge in [-0.25, -0.2) is 8.78 Å². The van der Waals surface area contributed by atoms with E-state index < -0.39 is 0 Å². The first kappa shape index (κ1) is 15.9. The second-order valence-electron chi connectivity index (χ2n) is 5.06. The van der Waals surface area contributed by atoms with Gasteiger partial charge in [-0.2, -0.15) is 0 Å². The summed E-state index contributed by atoms with van der Waals surface area (Å²) in [6, 6.07) is 9.44. The Balaban J connectivity index is 2.30. The quantitative estimate of drug-likeness (QED) is 0.835. The minimum absolute atomic E-state index is 0.0812. The number of nitrogens with one attached hydrogen (secondary N) is 1. The van der Waals surface area contributed by atoms with E-state index in [1.807, 2.05) is 6.92 Å². The zero-order valence-electron chi connectivity index (χ0n) is 12.1. The van der Waals surface area contributed by atoms with Crippen LogP contribution >= 0.6 is 11.6 Å². The molecule has 0 aliphatic carbocycles. The average Bonchev–Trinajstić information content (AvgIpc) is 2.45. The van der Waals surface area contributed by atoms with Gasteiger partial charge in [-0.05, 0) is 60.8 Å². The molecule has 2 aromatic carbocycles. The molecule has 1 unspecified atom stereocenters. The van der Waals surface area contributed by atoms with Crippen LogP contribution in [0.5, 0.6) is 0 Å². The topological polar surface area (TPSA) is 12.0 Å². The summed E-state index contributed by atoms with van der Waals surface area (Å²) in [7, 11) is 0. The smallest absolute Gasteiger partial charge is 0.126 e. The van der Waals surface area contributed by atoms with Crippen molar-refractivity contribution in [1.82, 2.24) is 5.32 Å². The van der Waals surface area contributed by atoms with Gasteiger partial charge < -0.3 is 5.32 Å². The molecule has 4 heteroatoms. The Bertz CT molecular complexity index is 628. The standard InChI is InChI=1S/C17H18ClF2N/c1-3-21-17(12-4-6-15(19)11(2)8-12)10-13-9-14(18)5-7-16(13)20/h4-9,17,21H,3,10H2,1-2H3. The molecule has 2 aromatic rings. The highest BCUT2D eigenvalue weighted by atomic mass is 35.5. The predicted octanol–water partition coefficient (Wildman–Crippen LogP) is 4.82. The number of hydrogen-bond donors (Lipinski definition) is 1. The Morgan fingerprint density at radius 2 is 1.81 bits per heavy atom. The van der Waals surface area contributed by atoms with Crippen LogP contribution in [0.25, 0.3) is 0 Å². The Morgan fingerprint density at radius 1 is 1.10 bits per heavy atom. The van der Waals surface area contributed by atoms with Crippen LogP contribution < -0.4 is 5.32 Å². The molecule has 0 aliphatic heterocycles. The van der Waals surface area contributed by atoms with Gasteiger partial charge in [-0.15, -0.1) is 0 Å². The zero-order valence-corrected chi connectivity index (χ0v) is 12.8. The van der Waals surface area contributed by atoms with E-state index in [-0.39, 0.29) is 17.7 Å². The van der Waals surface area contributed by atoms with Crippen LogP contribution in [0.1, 0.15) is 29.7 Å². The lowest BCUT2D eigenvalue weighted by atomic mass is 9.97. The molecular weight excluding hydrogens is 292 g/mol. The first-order valence-electron chi connectivity index (χ1n) is 6.94. The first-order chi connectivity index (χ1) is 10.0. The summed E-state index contributed by atoms with van der Waals surface area (Å²) in [6.07, 6.45) is 0.464. The summed E-state index contributed by atoms with van der Waals surface area (Å²) >= 11 is 5.93. The van der Waals surface area contributed by atoms with Crippen molar-refractivity contribution in [2.45, 2.75) is 26.3 Å². The molecule has 1 atom stereocenters. The van der Waals surface area contributed by atoms with Crippen molar-refractivity contribution >= 4 is 11.6 Å². The molecule has 0 aliphatic rings. The largest absolute Gasteiger partial charge is 0.310 e. The number of benzene rings is 2. The van der Waals surface area contributed by atoms with Crippen LogP contribution in [-0.2, 0) is 6.42 Å². The summed E-state index contributed by atoms with van der Waals surface area (Å²) < 4.78 is 27.3. The van der Waals surface area contributed by atoms with E-state index in [1.54, 1.807) is 25.1 Å². The fraction of sp³-hybridized carbons (Fsp3) is 0.294. The van der Waals surface area contributed by atoms with E-state index in [9.17, 15) is 8.78 Å². The molecule has 0 spiro atoms. The van der Waals surface area contributed by atoms with E-state index in [1.165, 1.54) is 18.2 Å². The maximum Gasteiger partial charge on any atom is 0.126 e. The van der Waals surface area contributed by atoms with Gasteiger partial charge in [0, 0.05) is 11.1 Å². The van der Waals surface area contributed by atoms with E-state index in [2.05, 4.69) is 5.32 Å². The minimum atomic E-state index is -0.277. The Hall–Kier alpha value is -1.45. The molecule has 2 rings (SSSR count). The highest BCUT2D eigenvalue weighted by Crippen LogP contribution is 2.24. The molecule has 0 bridgehead atoms. The molecule has 0 radical (unpaired) electrons. The number of rotatable bonds is 5. The van der Waals surface area contributed by atoms with E-state index in [0.717, 1.165) is 12.1 Å². The third-order valence-electron chi connectivity index (χ3n) is 3.47. The summed E-state index contributed by atoms with van der Waals surface area (Å²) in [5, 5.41) is 3.82. The van der Waals surface area contributed by atoms with E-state index in [4.69, 9.17) is 11.6 Å². The summed E-state index contributed by atoms with van der Waals surface area (Å²) in [4.78, 5) is 0. The van der Waals surface area contributed by atoms with Crippen LogP contribution in [0.2, 0.25) is 5.02 Å². The van der Waals surface area contributed by atoms with Crippen molar-refractivity contribution in [3.05, 3.63) is 69.7 Å². The third-order valence-corrected chi connectivity index (χ3v) is 3.70. The van der Waals surface area contributed by atoms with Crippen molar-refractivity contribution in [1.29, 1.82) is 0 Å². The number of aryl methyl sites for hydroxylation is 1. The van der Waals surface area contributed by atoms with E-state index >= 15 is 0 Å². The molecule has 0 saturated carbocycles. The number of hydrogen-bond acceptors (Lipinski definition) is 1. The van der Waals surface area contributed by atoms with E-state index in [0.29, 0.717) is 22.6 Å². The van der Waals surface area contributed by atoms with Crippen molar-refractivity contribution in [2.24, 2.45) is 0 Å². The van der Waals surface area contributed by atoms with Gasteiger partial charge in [0.25, 0.3) is 0 Å². The van der Waals surface area contributed by atoms with Gasteiger partial charge in [0.1, 0.15) is 11.6 Å². The molecule has 1 N–H and O–H groups in total. The molecule has 0 aromatic heterocycles. The second-order valence-corrected chi connectivity index (χ2v) is 5.50. The molecule has 0 heterocycles. The Kier molecular flexibility index (Phi) is 5.32. The lowest BCUT2D eigenvalue weighted by molar-refractivity contribution is 0.526. The van der Waals surface area contributed by atoms with Crippen LogP contribution in [0, 0.1) is 18.6 Å². The molecular formula is C17H18ClF2N. The molecule has 0 saturated heterocycles. The van der Waals surface area contributed by atoms with Gasteiger partial charge in [-0.1, -0.05) is 30.7 Å². The zero-order chi connectivity index (χ0) is 15.4. The normalized spacial score (nSPS) is 12.4. The Labute approximate surface area is 128 Å². The number of likely N-dealkylation sites (N-methyl/N-ethyl adjacent to an activating group) is 1. The summed E-state index contributed by atoms with van der Waals surface area (Å²) in [5.74, 6) is -0.510. The summed E-state index contributed by atoms with van der Waals surface area (Å²) in [6.45, 7) is 4.45. The fourth-order valence-corrected chi connectivity index (χ4v) is 2.55. The van der Waals surface area contributed by atoms with Crippen molar-refractivity contribution in [3.63, 3.8) is 0 Å². The molecule has 0 fully saturated rings. The monoisotopic (exact) mass is 309 g/mol. The maximum absolute atomic E-state index is 13.9. The molecule has 1 nitrogen and oxygen atoms in total. The van der Waals surface area contributed by atoms with Crippen molar-refractivity contribution < 1.29 is 8.78 Å². The third kappa shape index (κ3) is 4.02. The van der Waals surface area contributed by atoms with Crippen LogP contribution in [0.4, 0.5) is 8.78 Å². The van der Waals surface area contributed by atoms with Crippen LogP contribution in [0.15, 0.2) is 36.4 Å². The molecule has 0 amide bonds. The SMILES string of the molecule is CCNC(Cc1cc(Cl)ccc1F)c1ccc(F)c(C)c1. The van der Waals surface area contributed by atoms with Crippen LogP contribution in [0.3, 0.4) is 0 Å². The minimum Gasteiger partial charge on any atom is -0.310 e. The second kappa shape index (κ2) is 7.01. The van der Waals surface area contributed by atoms with Gasteiger partial charge >= 0.3 is 0 Å². The van der Waals surface area contributed by atoms with Crippen molar-refractivity contribution in [3.8, 4) is 0 Å². The highest BCUT2D eigenvalue weighted by Gasteiger charge is 2.15. The number of halogens is 3. The summed E-state index contributed by atoms with van der Waals surface area (Å²) in [5.41, 5.74) is 2.08. The maximum atomic E-state index is 13.9. The fourth-order valence-electron chi connectivity index (χ4n) is 2.36. The van der Waals surface area contributed by atoms with Gasteiger partial charge in [0.2, 0.25) is 0 Å². The first-order valence-corrected chi connectivity index (χ1v) is 7.32. The van der Waals surface area contributed by atoms with Gasteiger partial charge in [0.15, 0.2) is 0 Å². The predicted molar refractivity (Wildman–Crippen MR) is 82.7 cm³/mol. The Morgan fingerprint density at radius 3 is 2.48 bits per heavy atom. The average molecular weight is 310 g/mol. The highest BCUT2D eigenvalue weighted by molar-refractivity contribution is 6.30. The molecule has 21 heavy (non-hydrogen) atoms. The lowest BCUT2D eigenvalue weighted by Gasteiger charge is -2.19. The van der Waals surface area contributed by atoms with Crippen LogP contribution in [-0.4, -0.2) is 6.54 Å².